The maximum Gasteiger partial charge on any atom is 0.355 e. The van der Waals surface area contributed by atoms with E-state index in [0.29, 0.717) is 5.65 Å². The second-order valence-electron chi connectivity index (χ2n) is 1.83. The quantitative estimate of drug-likeness (QED) is 0.526. The first-order valence-electron chi connectivity index (χ1n) is 2.74. The van der Waals surface area contributed by atoms with Gasteiger partial charge in [0.1, 0.15) is 12.0 Å². The summed E-state index contributed by atoms with van der Waals surface area (Å²) < 4.78 is 1.33. The molecule has 0 radical (unpaired) electrons. The second kappa shape index (κ2) is 1.66. The maximum absolute atomic E-state index is 10.8. The lowest BCUT2D eigenvalue weighted by atomic mass is 10.8. The summed E-state index contributed by atoms with van der Waals surface area (Å²) in [6.45, 7) is 0. The van der Waals surface area contributed by atoms with Crippen molar-refractivity contribution in [3.8, 4) is 0 Å². The van der Waals surface area contributed by atoms with Crippen LogP contribution in [-0.4, -0.2) is 19.4 Å². The lowest BCUT2D eigenvalue weighted by Crippen LogP contribution is -2.14. The minimum atomic E-state index is -0.314. The van der Waals surface area contributed by atoms with Gasteiger partial charge in [0.15, 0.2) is 0 Å². The Morgan fingerprint density at radius 2 is 2.50 bits per heavy atom. The summed E-state index contributed by atoms with van der Waals surface area (Å²) in [5.74, 6) is 0. The Balaban J connectivity index is 3.09. The van der Waals surface area contributed by atoms with Crippen LogP contribution in [0.1, 0.15) is 0 Å². The average molecular weight is 136 g/mol. The molecule has 5 heteroatoms. The van der Waals surface area contributed by atoms with Crippen molar-refractivity contribution < 1.29 is 0 Å². The van der Waals surface area contributed by atoms with Crippen molar-refractivity contribution >= 4 is 5.65 Å². The van der Waals surface area contributed by atoms with E-state index < -0.39 is 0 Å². The van der Waals surface area contributed by atoms with Gasteiger partial charge in [-0.25, -0.2) is 14.2 Å². The molecule has 0 atom stereocenters. The first-order chi connectivity index (χ1) is 4.88. The number of aromatic amines is 1. The van der Waals surface area contributed by atoms with Gasteiger partial charge in [0.25, 0.3) is 0 Å². The number of nitrogens with one attached hydrogen (secondary N) is 1. The van der Waals surface area contributed by atoms with Crippen LogP contribution in [0.4, 0.5) is 0 Å². The van der Waals surface area contributed by atoms with Gasteiger partial charge < -0.3 is 4.98 Å². The van der Waals surface area contributed by atoms with E-state index in [-0.39, 0.29) is 5.69 Å². The molecule has 5 nitrogen and oxygen atoms in total. The molecule has 0 aromatic carbocycles. The number of nitrogens with zero attached hydrogens (tertiary/aromatic N) is 3. The summed E-state index contributed by atoms with van der Waals surface area (Å²) in [7, 11) is 0. The predicted molar refractivity (Wildman–Crippen MR) is 33.6 cm³/mol. The Hall–Kier alpha value is -1.65. The molecule has 50 valence electrons. The highest BCUT2D eigenvalue weighted by molar-refractivity contribution is 5.31. The number of rotatable bonds is 0. The largest absolute Gasteiger partial charge is 0.355 e. The number of aromatic nitrogens is 4. The molecule has 1 N–H and O–H groups in total. The van der Waals surface area contributed by atoms with Crippen LogP contribution >= 0.6 is 0 Å². The van der Waals surface area contributed by atoms with Gasteiger partial charge in [-0.3, -0.25) is 0 Å². The topological polar surface area (TPSA) is 63.0 Å². The third-order valence-electron chi connectivity index (χ3n) is 1.23. The lowest BCUT2D eigenvalue weighted by Gasteiger charge is -1.86. The Bertz CT molecular complexity index is 401. The van der Waals surface area contributed by atoms with Gasteiger partial charge in [0.2, 0.25) is 0 Å². The van der Waals surface area contributed by atoms with Gasteiger partial charge in [-0.15, -0.1) is 0 Å². The van der Waals surface area contributed by atoms with Crippen LogP contribution in [-0.2, 0) is 0 Å². The van der Waals surface area contributed by atoms with E-state index in [1.807, 2.05) is 0 Å². The molecule has 0 spiro atoms. The van der Waals surface area contributed by atoms with Gasteiger partial charge >= 0.3 is 5.69 Å². The zero-order valence-electron chi connectivity index (χ0n) is 4.98. The van der Waals surface area contributed by atoms with Crippen molar-refractivity contribution in [3.63, 3.8) is 0 Å². The van der Waals surface area contributed by atoms with E-state index in [1.54, 1.807) is 6.20 Å². The van der Waals surface area contributed by atoms with Crippen LogP contribution in [0, 0.1) is 0 Å². The predicted octanol–water partition coefficient (Wildman–Crippen LogP) is -0.582. The molecular formula is C5H4N4O. The summed E-state index contributed by atoms with van der Waals surface area (Å²) in [5, 5.41) is 0. The molecule has 0 aliphatic heterocycles. The smallest absolute Gasteiger partial charge is 0.331 e. The second-order valence-corrected chi connectivity index (χ2v) is 1.83. The molecule has 0 saturated carbocycles. The van der Waals surface area contributed by atoms with Gasteiger partial charge in [0, 0.05) is 0 Å². The summed E-state index contributed by atoms with van der Waals surface area (Å²) in [5.41, 5.74) is 0.339. The molecular weight excluding hydrogens is 132 g/mol. The van der Waals surface area contributed by atoms with Crippen molar-refractivity contribution in [2.24, 2.45) is 0 Å². The fourth-order valence-corrected chi connectivity index (χ4v) is 0.770. The monoisotopic (exact) mass is 136 g/mol. The molecule has 0 fully saturated rings. The molecule has 2 rings (SSSR count). The van der Waals surface area contributed by atoms with E-state index in [1.165, 1.54) is 17.1 Å². The average Bonchev–Trinajstić information content (AvgIpc) is 2.36. The fraction of sp³-hybridized carbons (Fsp3) is 0. The Morgan fingerprint density at radius 1 is 1.60 bits per heavy atom. The number of H-pyrrole nitrogens is 1. The zero-order valence-corrected chi connectivity index (χ0v) is 4.98. The van der Waals surface area contributed by atoms with Gasteiger partial charge in [-0.2, -0.15) is 4.98 Å². The van der Waals surface area contributed by atoms with Crippen molar-refractivity contribution in [1.29, 1.82) is 0 Å². The van der Waals surface area contributed by atoms with Crippen molar-refractivity contribution in [2.75, 3.05) is 0 Å². The van der Waals surface area contributed by atoms with Gasteiger partial charge in [-0.1, -0.05) is 0 Å². The third kappa shape index (κ3) is 0.540. The highest BCUT2D eigenvalue weighted by Gasteiger charge is 1.93. The van der Waals surface area contributed by atoms with Crippen LogP contribution in [0.15, 0.2) is 23.6 Å². The number of hydrogen-bond donors (Lipinski definition) is 1. The van der Waals surface area contributed by atoms with Crippen LogP contribution in [0.25, 0.3) is 5.65 Å². The molecule has 2 aromatic rings. The van der Waals surface area contributed by atoms with Crippen LogP contribution in [0.2, 0.25) is 0 Å². The number of hydrogen-bond acceptors (Lipinski definition) is 3. The first kappa shape index (κ1) is 5.16. The molecule has 0 saturated heterocycles. The third-order valence-corrected chi connectivity index (χ3v) is 1.23. The number of fused-ring (bicyclic) bond motifs is 1. The van der Waals surface area contributed by atoms with Crippen LogP contribution < -0.4 is 5.69 Å². The molecule has 0 unspecified atom stereocenters. The summed E-state index contributed by atoms with van der Waals surface area (Å²) in [6, 6.07) is 0. The summed E-state index contributed by atoms with van der Waals surface area (Å²) >= 11 is 0. The molecule has 0 amide bonds. The van der Waals surface area contributed by atoms with Crippen LogP contribution in [0.5, 0.6) is 0 Å². The van der Waals surface area contributed by atoms with E-state index in [0.717, 1.165) is 0 Å². The SMILES string of the molecule is O=c1nc[nH]c2cncn12. The Morgan fingerprint density at radius 3 is 3.30 bits per heavy atom. The van der Waals surface area contributed by atoms with Crippen molar-refractivity contribution in [3.05, 3.63) is 29.3 Å². The van der Waals surface area contributed by atoms with Gasteiger partial charge in [-0.05, 0) is 0 Å². The highest BCUT2D eigenvalue weighted by Crippen LogP contribution is 1.87. The van der Waals surface area contributed by atoms with Crippen LogP contribution in [0.3, 0.4) is 0 Å². The minimum Gasteiger partial charge on any atom is -0.331 e. The lowest BCUT2D eigenvalue weighted by molar-refractivity contribution is 0.948. The molecule has 10 heavy (non-hydrogen) atoms. The fourth-order valence-electron chi connectivity index (χ4n) is 0.770. The standard InChI is InChI=1S/C5H4N4O/c10-5-8-2-7-4-1-6-3-9(4)5/h1-3H,(H,7,8,10). The summed E-state index contributed by atoms with van der Waals surface area (Å²) in [4.78, 5) is 20.8. The van der Waals surface area contributed by atoms with Crippen molar-refractivity contribution in [2.45, 2.75) is 0 Å². The van der Waals surface area contributed by atoms with E-state index in [4.69, 9.17) is 0 Å². The van der Waals surface area contributed by atoms with E-state index in [9.17, 15) is 4.79 Å². The van der Waals surface area contributed by atoms with Crippen molar-refractivity contribution in [1.82, 2.24) is 19.4 Å². The zero-order chi connectivity index (χ0) is 6.97. The number of imidazole rings is 1. The Labute approximate surface area is 55.4 Å². The van der Waals surface area contributed by atoms with Gasteiger partial charge in [0.05, 0.1) is 12.5 Å². The Kier molecular flexibility index (Phi) is 0.858. The minimum absolute atomic E-state index is 0.314. The normalized spacial score (nSPS) is 10.4. The maximum atomic E-state index is 10.8. The highest BCUT2D eigenvalue weighted by atomic mass is 16.1. The molecule has 2 aromatic heterocycles. The first-order valence-corrected chi connectivity index (χ1v) is 2.74. The van der Waals surface area contributed by atoms with E-state index >= 15 is 0 Å². The molecule has 0 aliphatic carbocycles. The molecule has 2 heterocycles. The van der Waals surface area contributed by atoms with E-state index in [2.05, 4.69) is 15.0 Å². The molecule has 0 bridgehead atoms. The summed E-state index contributed by atoms with van der Waals surface area (Å²) in [6.07, 6.45) is 4.32. The molecule has 0 aliphatic rings.